The Kier molecular flexibility index (Phi) is 9.33. The van der Waals surface area contributed by atoms with Gasteiger partial charge >= 0.3 is 0 Å². The predicted molar refractivity (Wildman–Crippen MR) is 100 cm³/mol. The van der Waals surface area contributed by atoms with Crippen molar-refractivity contribution < 1.29 is 14.4 Å². The molecule has 0 aliphatic carbocycles. The zero-order chi connectivity index (χ0) is 17.9. The lowest BCUT2D eigenvalue weighted by atomic mass is 10.0. The van der Waals surface area contributed by atoms with Crippen LogP contribution in [0, 0.1) is 0 Å². The van der Waals surface area contributed by atoms with Gasteiger partial charge in [-0.2, -0.15) is 24.4 Å². The number of amides is 3. The second-order valence-corrected chi connectivity index (χ2v) is 6.51. The number of nitrogens with two attached hydrogens (primary N) is 1. The first-order valence-electron chi connectivity index (χ1n) is 7.50. The summed E-state index contributed by atoms with van der Waals surface area (Å²) >= 11 is 5.46. The Hall–Kier alpha value is -1.67. The van der Waals surface area contributed by atoms with Gasteiger partial charge in [0.05, 0.1) is 5.75 Å². The van der Waals surface area contributed by atoms with Crippen LogP contribution in [0.1, 0.15) is 12.0 Å². The number of rotatable bonds is 10. The van der Waals surface area contributed by atoms with Crippen LogP contribution < -0.4 is 16.4 Å². The van der Waals surface area contributed by atoms with Crippen LogP contribution in [-0.2, 0) is 20.8 Å². The van der Waals surface area contributed by atoms with E-state index in [1.165, 1.54) is 0 Å². The summed E-state index contributed by atoms with van der Waals surface area (Å²) in [7, 11) is 0. The van der Waals surface area contributed by atoms with Crippen LogP contribution in [0.2, 0.25) is 0 Å². The largest absolute Gasteiger partial charge is 0.368 e. The zero-order valence-corrected chi connectivity index (χ0v) is 15.2. The molecule has 0 aliphatic rings. The molecule has 0 heterocycles. The van der Waals surface area contributed by atoms with Crippen molar-refractivity contribution in [2.24, 2.45) is 5.73 Å². The highest BCUT2D eigenvalue weighted by Crippen LogP contribution is 2.05. The summed E-state index contributed by atoms with van der Waals surface area (Å²) in [5.74, 6) is -0.675. The van der Waals surface area contributed by atoms with Gasteiger partial charge in [-0.15, -0.1) is 0 Å². The lowest BCUT2D eigenvalue weighted by Crippen LogP contribution is -2.54. The van der Waals surface area contributed by atoms with E-state index in [1.54, 1.807) is 11.8 Å². The van der Waals surface area contributed by atoms with E-state index in [2.05, 4.69) is 23.3 Å². The van der Waals surface area contributed by atoms with Gasteiger partial charge in [-0.25, -0.2) is 0 Å². The third kappa shape index (κ3) is 7.27. The summed E-state index contributed by atoms with van der Waals surface area (Å²) < 4.78 is 0. The lowest BCUT2D eigenvalue weighted by molar-refractivity contribution is -0.130. The molecular weight excluding hydrogens is 346 g/mol. The molecule has 24 heavy (non-hydrogen) atoms. The minimum atomic E-state index is -0.829. The Morgan fingerprint density at radius 2 is 1.83 bits per heavy atom. The van der Waals surface area contributed by atoms with Crippen LogP contribution in [0.4, 0.5) is 0 Å². The summed E-state index contributed by atoms with van der Waals surface area (Å²) in [6.07, 6.45) is 2.68. The Labute approximate surface area is 151 Å². The van der Waals surface area contributed by atoms with Crippen LogP contribution in [0.15, 0.2) is 30.3 Å². The number of nitrogens with one attached hydrogen (secondary N) is 2. The predicted octanol–water partition coefficient (Wildman–Crippen LogP) is 0.367. The quantitative estimate of drug-likeness (QED) is 0.448. The second kappa shape index (κ2) is 11.0. The van der Waals surface area contributed by atoms with Crippen molar-refractivity contribution in [1.29, 1.82) is 0 Å². The van der Waals surface area contributed by atoms with Crippen molar-refractivity contribution >= 4 is 42.1 Å². The molecule has 1 rings (SSSR count). The SMILES string of the molecule is CSCC[C@H](NC(=O)CS)C(=O)N[C@@H](Cc1ccccc1)C(N)=O. The summed E-state index contributed by atoms with van der Waals surface area (Å²) in [5.41, 5.74) is 6.29. The fourth-order valence-corrected chi connectivity index (χ4v) is 2.65. The molecule has 4 N–H and O–H groups in total. The van der Waals surface area contributed by atoms with E-state index in [9.17, 15) is 14.4 Å². The average molecular weight is 370 g/mol. The highest BCUT2D eigenvalue weighted by atomic mass is 32.2. The van der Waals surface area contributed by atoms with Gasteiger partial charge in [-0.3, -0.25) is 14.4 Å². The first-order valence-corrected chi connectivity index (χ1v) is 9.53. The van der Waals surface area contributed by atoms with Gasteiger partial charge in [0, 0.05) is 6.42 Å². The molecule has 3 amide bonds. The first-order chi connectivity index (χ1) is 11.5. The second-order valence-electron chi connectivity index (χ2n) is 5.21. The van der Waals surface area contributed by atoms with Crippen LogP contribution in [0.25, 0.3) is 0 Å². The Balaban J connectivity index is 2.75. The highest BCUT2D eigenvalue weighted by molar-refractivity contribution is 7.98. The molecule has 0 unspecified atom stereocenters. The fraction of sp³-hybridized carbons (Fsp3) is 0.438. The molecule has 0 fully saturated rings. The van der Waals surface area contributed by atoms with Crippen LogP contribution in [0.3, 0.4) is 0 Å². The fourth-order valence-electron chi connectivity index (χ4n) is 2.09. The number of primary amides is 1. The van der Waals surface area contributed by atoms with Crippen LogP contribution >= 0.6 is 24.4 Å². The van der Waals surface area contributed by atoms with Crippen molar-refractivity contribution in [3.05, 3.63) is 35.9 Å². The van der Waals surface area contributed by atoms with E-state index in [4.69, 9.17) is 5.73 Å². The van der Waals surface area contributed by atoms with Gasteiger partial charge < -0.3 is 16.4 Å². The monoisotopic (exact) mass is 369 g/mol. The molecular formula is C16H23N3O3S2. The average Bonchev–Trinajstić information content (AvgIpc) is 2.58. The van der Waals surface area contributed by atoms with Crippen molar-refractivity contribution in [3.63, 3.8) is 0 Å². The van der Waals surface area contributed by atoms with Gasteiger partial charge in [-0.1, -0.05) is 30.3 Å². The molecule has 0 aliphatic heterocycles. The number of carbonyl (C=O) groups excluding carboxylic acids is 3. The molecule has 0 bridgehead atoms. The van der Waals surface area contributed by atoms with E-state index in [-0.39, 0.29) is 11.7 Å². The van der Waals surface area contributed by atoms with Gasteiger partial charge in [-0.05, 0) is 24.0 Å². The number of thiol groups is 1. The Bertz CT molecular complexity index is 555. The van der Waals surface area contributed by atoms with E-state index >= 15 is 0 Å². The molecule has 0 saturated heterocycles. The summed E-state index contributed by atoms with van der Waals surface area (Å²) in [6, 6.07) is 7.74. The molecule has 8 heteroatoms. The third-order valence-electron chi connectivity index (χ3n) is 3.35. The molecule has 1 aromatic carbocycles. The Morgan fingerprint density at radius 1 is 1.17 bits per heavy atom. The van der Waals surface area contributed by atoms with Crippen molar-refractivity contribution in [3.8, 4) is 0 Å². The minimum absolute atomic E-state index is 0.00763. The van der Waals surface area contributed by atoms with Crippen molar-refractivity contribution in [1.82, 2.24) is 10.6 Å². The van der Waals surface area contributed by atoms with Gasteiger partial charge in [0.2, 0.25) is 17.7 Å². The molecule has 132 valence electrons. The van der Waals surface area contributed by atoms with E-state index in [1.807, 2.05) is 36.6 Å². The topological polar surface area (TPSA) is 101 Å². The highest BCUT2D eigenvalue weighted by Gasteiger charge is 2.25. The molecule has 0 spiro atoms. The smallest absolute Gasteiger partial charge is 0.243 e. The normalized spacial score (nSPS) is 12.9. The van der Waals surface area contributed by atoms with Gasteiger partial charge in [0.25, 0.3) is 0 Å². The summed E-state index contributed by atoms with van der Waals surface area (Å²) in [6.45, 7) is 0. The molecule has 2 atom stereocenters. The van der Waals surface area contributed by atoms with E-state index < -0.39 is 23.9 Å². The van der Waals surface area contributed by atoms with Gasteiger partial charge in [0.15, 0.2) is 0 Å². The molecule has 0 aromatic heterocycles. The molecule has 6 nitrogen and oxygen atoms in total. The first kappa shape index (κ1) is 20.4. The van der Waals surface area contributed by atoms with E-state index in [0.29, 0.717) is 18.6 Å². The summed E-state index contributed by atoms with van der Waals surface area (Å²) in [4.78, 5) is 35.6. The minimum Gasteiger partial charge on any atom is -0.368 e. The zero-order valence-electron chi connectivity index (χ0n) is 13.5. The molecule has 0 radical (unpaired) electrons. The Morgan fingerprint density at radius 3 is 2.38 bits per heavy atom. The van der Waals surface area contributed by atoms with Crippen molar-refractivity contribution in [2.45, 2.75) is 24.9 Å². The standard InChI is InChI=1S/C16H23N3O3S2/c1-24-8-7-12(18-14(20)10-23)16(22)19-13(15(17)21)9-11-5-3-2-4-6-11/h2-6,12-13,23H,7-10H2,1H3,(H2,17,21)(H,18,20)(H,19,22)/t12-,13-/m0/s1. The third-order valence-corrected chi connectivity index (χ3v) is 4.28. The van der Waals surface area contributed by atoms with Crippen LogP contribution in [0.5, 0.6) is 0 Å². The number of benzene rings is 1. The number of hydrogen-bond donors (Lipinski definition) is 4. The molecule has 1 aromatic rings. The maximum atomic E-state index is 12.4. The maximum Gasteiger partial charge on any atom is 0.243 e. The lowest BCUT2D eigenvalue weighted by Gasteiger charge is -2.21. The number of hydrogen-bond acceptors (Lipinski definition) is 5. The van der Waals surface area contributed by atoms with Gasteiger partial charge in [0.1, 0.15) is 12.1 Å². The maximum absolute atomic E-state index is 12.4. The number of thioether (sulfide) groups is 1. The van der Waals surface area contributed by atoms with E-state index in [0.717, 1.165) is 5.56 Å². The number of carbonyl (C=O) groups is 3. The summed E-state index contributed by atoms with van der Waals surface area (Å²) in [5, 5.41) is 5.26. The molecule has 0 saturated carbocycles. The van der Waals surface area contributed by atoms with Crippen LogP contribution in [-0.4, -0.2) is 47.6 Å². The van der Waals surface area contributed by atoms with Crippen molar-refractivity contribution in [2.75, 3.05) is 17.8 Å².